The van der Waals surface area contributed by atoms with Gasteiger partial charge in [-0.2, -0.15) is 13.2 Å². The second-order valence-corrected chi connectivity index (χ2v) is 7.21. The van der Waals surface area contributed by atoms with Crippen molar-refractivity contribution in [2.75, 3.05) is 23.7 Å². The van der Waals surface area contributed by atoms with Gasteiger partial charge in [0, 0.05) is 48.0 Å². The molecule has 0 aromatic carbocycles. The molecule has 1 saturated heterocycles. The van der Waals surface area contributed by atoms with Crippen molar-refractivity contribution in [3.8, 4) is 0 Å². The summed E-state index contributed by atoms with van der Waals surface area (Å²) in [4.78, 5) is 14.1. The fraction of sp³-hybridized carbons (Fsp3) is 0.412. The van der Waals surface area contributed by atoms with E-state index in [0.717, 1.165) is 59.0 Å². The van der Waals surface area contributed by atoms with Crippen LogP contribution in [0.25, 0.3) is 21.9 Å². The van der Waals surface area contributed by atoms with Gasteiger partial charge < -0.3 is 9.88 Å². The summed E-state index contributed by atoms with van der Waals surface area (Å²) in [6.45, 7) is 1.54. The number of pyridine rings is 2. The minimum atomic E-state index is -4.15. The van der Waals surface area contributed by atoms with Crippen LogP contribution in [0, 0.1) is 0 Å². The zero-order valence-corrected chi connectivity index (χ0v) is 14.7. The average Bonchev–Trinajstić information content (AvgIpc) is 3.09. The SMILES string of the molecule is FC(F)(F)CSNC1CCCN(c2ccnc3cnc4[nH]ccc4c23)C1. The molecule has 5 nitrogen and oxygen atoms in total. The molecule has 1 atom stereocenters. The van der Waals surface area contributed by atoms with Crippen LogP contribution < -0.4 is 9.62 Å². The molecule has 0 amide bonds. The van der Waals surface area contributed by atoms with E-state index in [1.165, 1.54) is 0 Å². The minimum Gasteiger partial charge on any atom is -0.369 e. The van der Waals surface area contributed by atoms with Crippen LogP contribution in [0.1, 0.15) is 12.8 Å². The maximum absolute atomic E-state index is 12.4. The van der Waals surface area contributed by atoms with Gasteiger partial charge in [-0.15, -0.1) is 0 Å². The van der Waals surface area contributed by atoms with E-state index < -0.39 is 11.9 Å². The number of H-pyrrole nitrogens is 1. The Bertz CT molecular complexity index is 910. The predicted octanol–water partition coefficient (Wildman–Crippen LogP) is 3.88. The first-order valence-corrected chi connectivity index (χ1v) is 9.40. The molecular formula is C17H18F3N5S. The Balaban J connectivity index is 1.58. The van der Waals surface area contributed by atoms with Crippen molar-refractivity contribution in [1.29, 1.82) is 0 Å². The predicted molar refractivity (Wildman–Crippen MR) is 98.3 cm³/mol. The molecule has 4 rings (SSSR count). The molecule has 0 aliphatic carbocycles. The zero-order chi connectivity index (χ0) is 18.1. The number of nitrogens with zero attached hydrogens (tertiary/aromatic N) is 3. The first-order chi connectivity index (χ1) is 12.5. The quantitative estimate of drug-likeness (QED) is 0.672. The van der Waals surface area contributed by atoms with Crippen molar-refractivity contribution in [3.63, 3.8) is 0 Å². The van der Waals surface area contributed by atoms with Crippen molar-refractivity contribution < 1.29 is 13.2 Å². The summed E-state index contributed by atoms with van der Waals surface area (Å²) in [5, 5.41) is 2.04. The van der Waals surface area contributed by atoms with Gasteiger partial charge in [0.05, 0.1) is 11.7 Å². The van der Waals surface area contributed by atoms with Gasteiger partial charge in [-0.3, -0.25) is 9.71 Å². The van der Waals surface area contributed by atoms with Gasteiger partial charge in [0.25, 0.3) is 0 Å². The lowest BCUT2D eigenvalue weighted by Gasteiger charge is -2.35. The summed E-state index contributed by atoms with van der Waals surface area (Å²) < 4.78 is 40.0. The maximum Gasteiger partial charge on any atom is 0.399 e. The molecule has 1 aliphatic rings. The molecule has 0 saturated carbocycles. The standard InChI is InChI=1S/C17H18F3N5S/c18-17(19,20)10-26-24-11-2-1-7-25(9-11)14-4-6-21-13-8-23-16-12(15(13)14)3-5-22-16/h3-6,8,11,24H,1-2,7,9-10H2,(H,22,23). The number of aromatic nitrogens is 3. The minimum absolute atomic E-state index is 0.0165. The number of alkyl halides is 3. The summed E-state index contributed by atoms with van der Waals surface area (Å²) >= 11 is 0.742. The van der Waals surface area contributed by atoms with Gasteiger partial charge in [-0.05, 0) is 25.0 Å². The van der Waals surface area contributed by atoms with Gasteiger partial charge in [-0.1, -0.05) is 11.9 Å². The lowest BCUT2D eigenvalue weighted by Crippen LogP contribution is -2.44. The van der Waals surface area contributed by atoms with Crippen LogP contribution in [0.4, 0.5) is 18.9 Å². The van der Waals surface area contributed by atoms with Gasteiger partial charge >= 0.3 is 6.18 Å². The molecular weight excluding hydrogens is 363 g/mol. The van der Waals surface area contributed by atoms with E-state index in [1.807, 2.05) is 18.3 Å². The number of rotatable bonds is 4. The van der Waals surface area contributed by atoms with Crippen LogP contribution in [0.15, 0.2) is 30.7 Å². The van der Waals surface area contributed by atoms with Gasteiger partial charge in [0.2, 0.25) is 0 Å². The molecule has 0 spiro atoms. The molecule has 138 valence electrons. The number of hydrogen-bond acceptors (Lipinski definition) is 5. The highest BCUT2D eigenvalue weighted by Crippen LogP contribution is 2.32. The Hall–Kier alpha value is -2.00. The van der Waals surface area contributed by atoms with Crippen LogP contribution in [-0.4, -0.2) is 46.0 Å². The number of nitrogens with one attached hydrogen (secondary N) is 2. The molecule has 26 heavy (non-hydrogen) atoms. The van der Waals surface area contributed by atoms with Crippen LogP contribution in [0.3, 0.4) is 0 Å². The van der Waals surface area contributed by atoms with Crippen molar-refractivity contribution in [2.24, 2.45) is 0 Å². The smallest absolute Gasteiger partial charge is 0.369 e. The normalized spacial score (nSPS) is 18.7. The van der Waals surface area contributed by atoms with Crippen molar-refractivity contribution in [3.05, 3.63) is 30.7 Å². The molecule has 0 bridgehead atoms. The van der Waals surface area contributed by atoms with Crippen LogP contribution in [0.5, 0.6) is 0 Å². The third-order valence-electron chi connectivity index (χ3n) is 4.52. The van der Waals surface area contributed by atoms with E-state index in [-0.39, 0.29) is 6.04 Å². The Labute approximate surface area is 152 Å². The summed E-state index contributed by atoms with van der Waals surface area (Å²) in [6, 6.07) is 3.97. The Morgan fingerprint density at radius 2 is 2.19 bits per heavy atom. The van der Waals surface area contributed by atoms with E-state index in [2.05, 4.69) is 24.6 Å². The van der Waals surface area contributed by atoms with E-state index in [0.29, 0.717) is 6.54 Å². The highest BCUT2D eigenvalue weighted by atomic mass is 32.2. The third kappa shape index (κ3) is 3.59. The number of fused-ring (bicyclic) bond motifs is 3. The first kappa shape index (κ1) is 17.4. The van der Waals surface area contributed by atoms with Gasteiger partial charge in [0.1, 0.15) is 11.4 Å². The second-order valence-electron chi connectivity index (χ2n) is 6.40. The largest absolute Gasteiger partial charge is 0.399 e. The summed E-state index contributed by atoms with van der Waals surface area (Å²) in [5.74, 6) is -0.878. The van der Waals surface area contributed by atoms with Crippen molar-refractivity contribution in [1.82, 2.24) is 19.7 Å². The fourth-order valence-electron chi connectivity index (χ4n) is 3.43. The topological polar surface area (TPSA) is 56.8 Å². The molecule has 9 heteroatoms. The molecule has 0 radical (unpaired) electrons. The highest BCUT2D eigenvalue weighted by Gasteiger charge is 2.28. The number of aromatic amines is 1. The van der Waals surface area contributed by atoms with Gasteiger partial charge in [-0.25, -0.2) is 4.98 Å². The van der Waals surface area contributed by atoms with Gasteiger partial charge in [0.15, 0.2) is 0 Å². The van der Waals surface area contributed by atoms with E-state index in [1.54, 1.807) is 12.4 Å². The molecule has 2 N–H and O–H groups in total. The summed E-state index contributed by atoms with van der Waals surface area (Å²) in [5.41, 5.74) is 2.67. The Morgan fingerprint density at radius 3 is 3.04 bits per heavy atom. The number of halogens is 3. The maximum atomic E-state index is 12.4. The molecule has 1 fully saturated rings. The monoisotopic (exact) mass is 381 g/mol. The van der Waals surface area contributed by atoms with E-state index >= 15 is 0 Å². The zero-order valence-electron chi connectivity index (χ0n) is 13.9. The van der Waals surface area contributed by atoms with Crippen molar-refractivity contribution in [2.45, 2.75) is 25.1 Å². The summed E-state index contributed by atoms with van der Waals surface area (Å²) in [6.07, 6.45) is 2.99. The second kappa shape index (κ2) is 6.96. The Kier molecular flexibility index (Phi) is 4.66. The van der Waals surface area contributed by atoms with Crippen LogP contribution in [0.2, 0.25) is 0 Å². The third-order valence-corrected chi connectivity index (χ3v) is 5.49. The van der Waals surface area contributed by atoms with Crippen LogP contribution in [-0.2, 0) is 0 Å². The lowest BCUT2D eigenvalue weighted by molar-refractivity contribution is -0.105. The van der Waals surface area contributed by atoms with E-state index in [4.69, 9.17) is 0 Å². The Morgan fingerprint density at radius 1 is 1.31 bits per heavy atom. The first-order valence-electron chi connectivity index (χ1n) is 8.41. The molecule has 1 aliphatic heterocycles. The summed E-state index contributed by atoms with van der Waals surface area (Å²) in [7, 11) is 0. The van der Waals surface area contributed by atoms with Crippen molar-refractivity contribution >= 4 is 39.6 Å². The molecule has 4 heterocycles. The number of hydrogen-bond donors (Lipinski definition) is 2. The van der Waals surface area contributed by atoms with Crippen LogP contribution >= 0.6 is 11.9 Å². The average molecular weight is 381 g/mol. The molecule has 3 aromatic rings. The molecule has 3 aromatic heterocycles. The number of anilines is 1. The highest BCUT2D eigenvalue weighted by molar-refractivity contribution is 7.97. The lowest BCUT2D eigenvalue weighted by atomic mass is 10.0. The van der Waals surface area contributed by atoms with E-state index in [9.17, 15) is 13.2 Å². The number of piperidine rings is 1. The molecule has 1 unspecified atom stereocenters. The fourth-order valence-corrected chi connectivity index (χ4v) is 4.11.